The smallest absolute Gasteiger partial charge is 0.242 e. The number of piperidine rings is 1. The normalized spacial score (nSPS) is 16.3. The summed E-state index contributed by atoms with van der Waals surface area (Å²) in [6, 6.07) is 5.39. The molecule has 0 aromatic carbocycles. The van der Waals surface area contributed by atoms with E-state index in [1.54, 1.807) is 37.6 Å². The molecule has 0 saturated carbocycles. The summed E-state index contributed by atoms with van der Waals surface area (Å²) in [5.74, 6) is 2.54. The number of carbonyl (C=O) groups excluding carboxylic acids is 7. The second-order valence-electron chi connectivity index (χ2n) is 16.8. The largest absolute Gasteiger partial charge is 0.381 e. The quantitative estimate of drug-likeness (QED) is 0.0522. The van der Waals surface area contributed by atoms with Gasteiger partial charge in [-0.05, 0) is 56.7 Å². The minimum absolute atomic E-state index is 0.0591. The van der Waals surface area contributed by atoms with Crippen LogP contribution in [-0.4, -0.2) is 134 Å². The van der Waals surface area contributed by atoms with Crippen LogP contribution >= 0.6 is 23.5 Å². The fourth-order valence-electron chi connectivity index (χ4n) is 6.77. The summed E-state index contributed by atoms with van der Waals surface area (Å²) in [4.78, 5) is 87.9. The second-order valence-corrected chi connectivity index (χ2v) is 19.0. The zero-order valence-corrected chi connectivity index (χ0v) is 41.1. The van der Waals surface area contributed by atoms with Crippen LogP contribution in [0.1, 0.15) is 117 Å². The average molecular weight is 938 g/mol. The minimum Gasteiger partial charge on any atom is -0.381 e. The van der Waals surface area contributed by atoms with Crippen molar-refractivity contribution in [1.82, 2.24) is 36.5 Å². The Morgan fingerprint density at radius 3 is 1.95 bits per heavy atom. The summed E-state index contributed by atoms with van der Waals surface area (Å²) in [6.07, 6.45) is 8.47. The highest BCUT2D eigenvalue weighted by Gasteiger charge is 2.33. The highest BCUT2D eigenvalue weighted by atomic mass is 32.2. The number of pyridine rings is 1. The molecule has 0 bridgehead atoms. The fourth-order valence-corrected chi connectivity index (χ4v) is 8.45. The van der Waals surface area contributed by atoms with Crippen LogP contribution in [0.5, 0.6) is 0 Å². The van der Waals surface area contributed by atoms with Crippen LogP contribution in [0.3, 0.4) is 0 Å². The third-order valence-corrected chi connectivity index (χ3v) is 12.8. The Labute approximate surface area is 390 Å². The molecule has 64 heavy (non-hydrogen) atoms. The van der Waals surface area contributed by atoms with Gasteiger partial charge < -0.3 is 47.6 Å². The molecule has 19 heteroatoms. The Kier molecular flexibility index (Phi) is 30.6. The summed E-state index contributed by atoms with van der Waals surface area (Å²) in [6.45, 7) is 13.0. The van der Waals surface area contributed by atoms with E-state index < -0.39 is 11.6 Å². The Morgan fingerprint density at radius 1 is 0.891 bits per heavy atom. The van der Waals surface area contributed by atoms with E-state index in [1.807, 2.05) is 43.9 Å². The number of hydrogen-bond donors (Lipinski definition) is 7. The number of aromatic nitrogens is 1. The molecule has 3 heterocycles. The molecule has 17 nitrogen and oxygen atoms in total. The van der Waals surface area contributed by atoms with E-state index in [1.165, 1.54) is 0 Å². The van der Waals surface area contributed by atoms with Gasteiger partial charge in [0.25, 0.3) is 0 Å². The number of likely N-dealkylation sites (tertiary alicyclic amines) is 1. The monoisotopic (exact) mass is 938 g/mol. The molecule has 2 aliphatic heterocycles. The fraction of sp³-hybridized carbons (Fsp3) is 0.733. The van der Waals surface area contributed by atoms with Crippen LogP contribution in [0.15, 0.2) is 18.2 Å². The molecule has 3 rings (SSSR count). The van der Waals surface area contributed by atoms with Crippen molar-refractivity contribution in [1.29, 1.82) is 0 Å². The highest BCUT2D eigenvalue weighted by molar-refractivity contribution is 7.98. The topological polar surface area (TPSA) is 257 Å². The van der Waals surface area contributed by atoms with Gasteiger partial charge in [0, 0.05) is 94.5 Å². The first kappa shape index (κ1) is 58.2. The predicted octanol–water partition coefficient (Wildman–Crippen LogP) is 2.82. The zero-order chi connectivity index (χ0) is 47.9. The van der Waals surface area contributed by atoms with Gasteiger partial charge >= 0.3 is 0 Å². The Morgan fingerprint density at radius 2 is 1.48 bits per heavy atom. The lowest BCUT2D eigenvalue weighted by Crippen LogP contribution is -2.54. The van der Waals surface area contributed by atoms with E-state index >= 15 is 0 Å². The number of nitrogens with zero attached hydrogens (tertiary/aromatic N) is 2. The maximum atomic E-state index is 12.3. The van der Waals surface area contributed by atoms with Gasteiger partial charge in [-0.2, -0.15) is 23.5 Å². The molecule has 3 atom stereocenters. The molecule has 0 spiro atoms. The number of unbranched alkanes of at least 4 members (excludes halogenated alkanes) is 1. The number of ether oxygens (including phenoxy) is 1. The van der Waals surface area contributed by atoms with E-state index in [0.29, 0.717) is 62.7 Å². The van der Waals surface area contributed by atoms with Gasteiger partial charge in [0.2, 0.25) is 35.4 Å². The number of amides is 6. The van der Waals surface area contributed by atoms with E-state index in [4.69, 9.17) is 21.2 Å². The predicted molar refractivity (Wildman–Crippen MR) is 256 cm³/mol. The van der Waals surface area contributed by atoms with Crippen molar-refractivity contribution in [2.75, 3.05) is 58.4 Å². The van der Waals surface area contributed by atoms with Crippen LogP contribution in [0.2, 0.25) is 0 Å². The van der Waals surface area contributed by atoms with E-state index in [2.05, 4.69) is 40.4 Å². The Bertz CT molecular complexity index is 1560. The maximum absolute atomic E-state index is 12.3. The van der Waals surface area contributed by atoms with E-state index in [0.717, 1.165) is 80.8 Å². The summed E-state index contributed by atoms with van der Waals surface area (Å²) < 4.78 is 5.29. The summed E-state index contributed by atoms with van der Waals surface area (Å²) >= 11 is 3.32. The Balaban J connectivity index is 0.000000654. The zero-order valence-electron chi connectivity index (χ0n) is 39.5. The van der Waals surface area contributed by atoms with Gasteiger partial charge in [-0.1, -0.05) is 53.5 Å². The van der Waals surface area contributed by atoms with Crippen LogP contribution in [0, 0.1) is 11.8 Å². The van der Waals surface area contributed by atoms with Crippen LogP contribution in [-0.2, 0) is 49.8 Å². The van der Waals surface area contributed by atoms with Crippen molar-refractivity contribution >= 4 is 65.3 Å². The van der Waals surface area contributed by atoms with E-state index in [-0.39, 0.29) is 60.0 Å². The molecular formula is C45H79N9O8S2. The van der Waals surface area contributed by atoms with Crippen molar-refractivity contribution in [3.05, 3.63) is 29.6 Å². The lowest BCUT2D eigenvalue weighted by Gasteiger charge is -2.32. The first-order valence-electron chi connectivity index (χ1n) is 22.7. The number of carbonyl (C=O) groups is 7. The minimum atomic E-state index is -0.779. The number of hydrogen-bond acceptors (Lipinski definition) is 13. The first-order valence-corrected chi connectivity index (χ1v) is 25.1. The number of nitrogens with one attached hydrogen (secondary N) is 5. The number of rotatable bonds is 26. The van der Waals surface area contributed by atoms with Gasteiger partial charge in [-0.25, -0.2) is 0 Å². The van der Waals surface area contributed by atoms with Gasteiger partial charge in [0.1, 0.15) is 12.3 Å². The second kappa shape index (κ2) is 33.7. The molecule has 1 aromatic heterocycles. The van der Waals surface area contributed by atoms with Gasteiger partial charge in [-0.15, -0.1) is 0 Å². The number of thioether (sulfide) groups is 2. The number of likely N-dealkylation sites (N-methyl/N-ethyl adjacent to an activating group) is 2. The molecule has 3 unspecified atom stereocenters. The van der Waals surface area contributed by atoms with Crippen LogP contribution in [0.25, 0.3) is 0 Å². The third kappa shape index (κ3) is 25.6. The molecule has 0 aliphatic carbocycles. The molecule has 1 aromatic rings. The van der Waals surface area contributed by atoms with Crippen molar-refractivity contribution in [2.24, 2.45) is 23.3 Å². The standard InChI is InChI=1S/C26H39N5O5S2.C14H29N3O2.C5H11NO/c27-23(33)16-31-10-4-20(5-11-31)29-24(34)6-14-37-17-21-2-1-3-22(28-21)18-38-15-7-25(35)30-26(19-32)8-12-36-13-9-26;1-7-10(4)12(14(19)16-6)17-13(18)11(15-5)8-9(2)3;1-2-3-4-5(6)7/h1-3,19-20H,4-18H2,(H2,27,33)(H,29,34)(H,30,35);9-12,15H,7-8H2,1-6H3,(H,16,19)(H,17,18);2-4H2,1H3,(H2,6,7). The highest BCUT2D eigenvalue weighted by Crippen LogP contribution is 2.20. The van der Waals surface area contributed by atoms with Crippen molar-refractivity contribution in [3.8, 4) is 0 Å². The molecule has 2 fully saturated rings. The van der Waals surface area contributed by atoms with Crippen molar-refractivity contribution < 1.29 is 38.3 Å². The SMILES string of the molecule is CCC(C)C(NC(=O)C(CC(C)C)NC)C(=O)NC.CCCCC(N)=O.NC(=O)CN1CCC(NC(=O)CCSCc2cccc(CSCCC(=O)NC3(C=O)CCOCC3)n2)CC1. The van der Waals surface area contributed by atoms with Gasteiger partial charge in [0.05, 0.1) is 29.5 Å². The molecular weight excluding hydrogens is 859 g/mol. The van der Waals surface area contributed by atoms with Crippen molar-refractivity contribution in [3.63, 3.8) is 0 Å². The molecule has 2 saturated heterocycles. The van der Waals surface area contributed by atoms with Crippen LogP contribution < -0.4 is 38.1 Å². The first-order chi connectivity index (χ1) is 30.5. The molecule has 6 amide bonds. The summed E-state index contributed by atoms with van der Waals surface area (Å²) in [7, 11) is 3.36. The van der Waals surface area contributed by atoms with Crippen molar-refractivity contribution in [2.45, 2.75) is 140 Å². The molecule has 2 aliphatic rings. The lowest BCUT2D eigenvalue weighted by molar-refractivity contribution is -0.131. The molecule has 9 N–H and O–H groups in total. The summed E-state index contributed by atoms with van der Waals surface area (Å²) in [5, 5.41) is 14.5. The third-order valence-electron chi connectivity index (χ3n) is 10.8. The molecule has 0 radical (unpaired) electrons. The van der Waals surface area contributed by atoms with Gasteiger partial charge in [0.15, 0.2) is 0 Å². The number of aldehydes is 1. The van der Waals surface area contributed by atoms with Gasteiger partial charge in [-0.3, -0.25) is 38.7 Å². The average Bonchev–Trinajstić information content (AvgIpc) is 3.27. The maximum Gasteiger partial charge on any atom is 0.242 e. The number of nitrogens with two attached hydrogens (primary N) is 2. The lowest BCUT2D eigenvalue weighted by atomic mass is 9.91. The summed E-state index contributed by atoms with van der Waals surface area (Å²) in [5.41, 5.74) is 11.2. The number of primary amides is 2. The van der Waals surface area contributed by atoms with Crippen LogP contribution in [0.4, 0.5) is 0 Å². The van der Waals surface area contributed by atoms with E-state index in [9.17, 15) is 33.6 Å². The Hall–Kier alpha value is -3.78. The molecule has 364 valence electrons.